The third kappa shape index (κ3) is 23.3. The van der Waals surface area contributed by atoms with E-state index in [-0.39, 0.29) is 5.82 Å². The van der Waals surface area contributed by atoms with Crippen LogP contribution in [0.4, 0.5) is 120 Å². The van der Waals surface area contributed by atoms with Crippen molar-refractivity contribution >= 4 is 172 Å². The Morgan fingerprint density at radius 1 is 0.257 bits per heavy atom. The van der Waals surface area contributed by atoms with Crippen LogP contribution >= 0.6 is 11.6 Å². The number of hydrogen-bond donors (Lipinski definition) is 8. The van der Waals surface area contributed by atoms with Crippen LogP contribution in [0.1, 0.15) is 139 Å². The Hall–Kier alpha value is -14.4. The normalized spacial score (nSPS) is 17.2. The molecule has 8 aliphatic rings. The van der Waals surface area contributed by atoms with Gasteiger partial charge in [-0.2, -0.15) is 19.9 Å². The first-order valence-electron chi connectivity index (χ1n) is 51.5. The van der Waals surface area contributed by atoms with Gasteiger partial charge < -0.3 is 81.7 Å². The van der Waals surface area contributed by atoms with E-state index in [0.717, 1.165) is 258 Å². The molecule has 8 fully saturated rings. The van der Waals surface area contributed by atoms with Gasteiger partial charge in [-0.1, -0.05) is 112 Å². The molecule has 0 bridgehead atoms. The van der Waals surface area contributed by atoms with Gasteiger partial charge >= 0.3 is 0 Å². The zero-order valence-corrected chi connectivity index (χ0v) is 83.8. The number of halogens is 2. The van der Waals surface area contributed by atoms with Crippen LogP contribution in [0, 0.1) is 12.7 Å². The fourth-order valence-electron chi connectivity index (χ4n) is 21.1. The number of imidazole rings is 4. The van der Waals surface area contributed by atoms with Crippen molar-refractivity contribution in [1.29, 1.82) is 0 Å². The van der Waals surface area contributed by atoms with Gasteiger partial charge in [-0.25, -0.2) is 44.3 Å². The van der Waals surface area contributed by atoms with Gasteiger partial charge in [-0.3, -0.25) is 18.3 Å². The second kappa shape index (κ2) is 44.6. The molecular weight excluding hydrogens is 1820 g/mol. The van der Waals surface area contributed by atoms with E-state index in [9.17, 15) is 4.39 Å². The second-order valence-corrected chi connectivity index (χ2v) is 40.0. The van der Waals surface area contributed by atoms with E-state index >= 15 is 0 Å². The number of para-hydroxylation sites is 1. The van der Waals surface area contributed by atoms with Crippen LogP contribution < -0.4 is 62.1 Å². The number of rotatable bonds is 24. The van der Waals surface area contributed by atoms with Crippen LogP contribution in [0.15, 0.2) is 225 Å². The largest absolute Gasteiger partial charge is 0.369 e. The number of nitrogens with one attached hydrogen (secondary N) is 8. The van der Waals surface area contributed by atoms with Crippen LogP contribution in [0.2, 0.25) is 5.02 Å². The predicted molar refractivity (Wildman–Crippen MR) is 582 cm³/mol. The van der Waals surface area contributed by atoms with Crippen molar-refractivity contribution in [2.75, 3.05) is 195 Å². The van der Waals surface area contributed by atoms with E-state index in [2.05, 4.69) is 289 Å². The molecule has 4 saturated heterocycles. The summed E-state index contributed by atoms with van der Waals surface area (Å²) in [6.45, 7) is 19.3. The van der Waals surface area contributed by atoms with Crippen molar-refractivity contribution in [2.24, 2.45) is 0 Å². The molecule has 24 rings (SSSR count). The zero-order chi connectivity index (χ0) is 97.8. The molecule has 32 nitrogen and oxygen atoms in total. The van der Waals surface area contributed by atoms with Crippen molar-refractivity contribution in [3.05, 3.63) is 241 Å². The van der Waals surface area contributed by atoms with Gasteiger partial charge in [0.05, 0.1) is 24.8 Å². The highest BCUT2D eigenvalue weighted by Gasteiger charge is 2.31. The lowest BCUT2D eigenvalue weighted by atomic mass is 9.95. The standard InChI is InChI=1S/2C28H34N8.C27H31ClN8.C27H31FN8/c1-20-6-5-7-22(18-20)31-28-32-25-19-29-27(33-26(25)36(28)24-8-3-4-9-24)30-21-10-12-23(13-11-21)35-16-14-34(2)15-17-35;1-34-16-18-35(19-17-34)23-14-12-22(13-15-23)30-27-29-20-25-26(33-27)36(24-10-6-3-7-11-24)28(32-25)31-21-8-4-2-5-9-21;2*1-34-13-15-35(16-14-34)22-11-9-20(10-12-22)30-26-29-18-24-25(33-26)36(23-7-2-3-8-23)27(32-24)31-21-6-4-5-19(28)17-21/h5-7,10-13,18-19,24H,3-4,8-9,14-17H2,1-2H3,(H,31,32)(H,29,30,33);2,4-5,8-9,12-15,20,24H,3,6-7,10-11,16-19H2,1H3,(H,31,32)(H,29,30,33);2*4-6,9-12,17-18,23H,2-3,7-8,13-16H2,1H3,(H,31,32)(H,29,30,33). The van der Waals surface area contributed by atoms with Crippen molar-refractivity contribution < 1.29 is 4.39 Å². The van der Waals surface area contributed by atoms with Gasteiger partial charge in [-0.05, 0) is 250 Å². The summed E-state index contributed by atoms with van der Waals surface area (Å²) in [6.07, 6.45) is 27.3. The van der Waals surface area contributed by atoms with Crippen LogP contribution in [-0.4, -0.2) is 231 Å². The summed E-state index contributed by atoms with van der Waals surface area (Å²) in [5, 5.41) is 28.1. The highest BCUT2D eigenvalue weighted by atomic mass is 35.5. The Balaban J connectivity index is 0.000000113. The fourth-order valence-corrected chi connectivity index (χ4v) is 21.2. The molecule has 144 heavy (non-hydrogen) atoms. The Kier molecular flexibility index (Phi) is 29.7. The number of fused-ring (bicyclic) bond motifs is 4. The number of benzene rings is 8. The van der Waals surface area contributed by atoms with Crippen molar-refractivity contribution in [3.8, 4) is 0 Å². The van der Waals surface area contributed by atoms with Gasteiger partial charge in [0.25, 0.3) is 0 Å². The van der Waals surface area contributed by atoms with Crippen molar-refractivity contribution in [3.63, 3.8) is 0 Å². The molecule has 4 aliphatic carbocycles. The predicted octanol–water partition coefficient (Wildman–Crippen LogP) is 22.2. The summed E-state index contributed by atoms with van der Waals surface area (Å²) in [7, 11) is 8.71. The number of anilines is 20. The summed E-state index contributed by atoms with van der Waals surface area (Å²) < 4.78 is 22.8. The van der Waals surface area contributed by atoms with E-state index in [0.29, 0.717) is 64.6 Å². The number of aryl methyl sites for hydroxylation is 1. The summed E-state index contributed by atoms with van der Waals surface area (Å²) in [5.74, 6) is 5.14. The first kappa shape index (κ1) is 95.8. The first-order valence-corrected chi connectivity index (χ1v) is 51.9. The average Bonchev–Trinajstić information content (AvgIpc) is 1.63. The Morgan fingerprint density at radius 3 is 0.806 bits per heavy atom. The topological polar surface area (TPSA) is 297 Å². The highest BCUT2D eigenvalue weighted by molar-refractivity contribution is 6.30. The number of aromatic nitrogens is 16. The molecule has 8 aromatic carbocycles. The third-order valence-corrected chi connectivity index (χ3v) is 29.4. The third-order valence-electron chi connectivity index (χ3n) is 29.2. The molecule has 8 aromatic heterocycles. The van der Waals surface area contributed by atoms with E-state index in [1.807, 2.05) is 60.9 Å². The smallest absolute Gasteiger partial charge is 0.229 e. The van der Waals surface area contributed by atoms with E-state index in [4.69, 9.17) is 51.5 Å². The summed E-state index contributed by atoms with van der Waals surface area (Å²) in [4.78, 5) is 76.5. The maximum absolute atomic E-state index is 13.8. The fraction of sp³-hybridized carbons (Fsp3) is 0.382. The summed E-state index contributed by atoms with van der Waals surface area (Å²) in [5.41, 5.74) is 20.3. The lowest BCUT2D eigenvalue weighted by Crippen LogP contribution is -2.44. The van der Waals surface area contributed by atoms with Gasteiger partial charge in [0.2, 0.25) is 47.6 Å². The molecule has 8 N–H and O–H groups in total. The minimum atomic E-state index is -0.284. The number of likely N-dealkylation sites (N-methyl/N-ethyl adjacent to an activating group) is 4. The lowest BCUT2D eigenvalue weighted by Gasteiger charge is -2.34. The Labute approximate surface area is 845 Å². The maximum Gasteiger partial charge on any atom is 0.229 e. The quantitative estimate of drug-likeness (QED) is 0.0279. The minimum Gasteiger partial charge on any atom is -0.369 e. The zero-order valence-electron chi connectivity index (χ0n) is 83.0. The molecule has 0 radical (unpaired) electrons. The van der Waals surface area contributed by atoms with Gasteiger partial charge in [-0.15, -0.1) is 0 Å². The van der Waals surface area contributed by atoms with Crippen LogP contribution in [0.5, 0.6) is 0 Å². The molecule has 744 valence electrons. The molecule has 4 aliphatic heterocycles. The molecule has 34 heteroatoms. The van der Waals surface area contributed by atoms with E-state index in [1.54, 1.807) is 18.5 Å². The maximum atomic E-state index is 13.8. The lowest BCUT2D eigenvalue weighted by molar-refractivity contribution is 0.313. The highest BCUT2D eigenvalue weighted by Crippen LogP contribution is 2.43. The van der Waals surface area contributed by atoms with Gasteiger partial charge in [0, 0.05) is 202 Å². The van der Waals surface area contributed by atoms with Crippen molar-refractivity contribution in [1.82, 2.24) is 97.7 Å². The van der Waals surface area contributed by atoms with Gasteiger partial charge in [0.15, 0.2) is 22.6 Å². The Bertz CT molecular complexity index is 6470. The first-order chi connectivity index (χ1) is 70.6. The second-order valence-electron chi connectivity index (χ2n) is 39.5. The Morgan fingerprint density at radius 2 is 0.514 bits per heavy atom. The molecule has 0 amide bonds. The molecule has 0 atom stereocenters. The minimum absolute atomic E-state index is 0.284. The number of piperazine rings is 4. The SMILES string of the molecule is CN1CCN(c2ccc(Nc3ncc4nc(Nc5cccc(Cl)c5)n(C5CCCC5)c4n3)cc2)CC1.CN1CCN(c2ccc(Nc3ncc4nc(Nc5cccc(F)c5)n(C5CCCC5)c4n3)cc2)CC1.CN1CCN(c2ccc(Nc3ncc4nc(Nc5ccccc5)n(C5CCCCC5)c4n3)cc2)CC1.Cc1cccc(Nc2nc3cnc(Nc4ccc(N5CCN(C)CC5)cc4)nc3n2C2CCCC2)c1. The molecule has 0 unspecified atom stereocenters. The van der Waals surface area contributed by atoms with Gasteiger partial charge in [0.1, 0.15) is 27.9 Å². The molecule has 16 aromatic rings. The average molecular weight is 1950 g/mol. The number of hydrogen-bond acceptors (Lipinski definition) is 28. The number of nitrogens with zero attached hydrogens (tertiary/aromatic N) is 24. The molecular formula is C110H130ClFN32. The van der Waals surface area contributed by atoms with E-state index < -0.39 is 0 Å². The molecule has 0 spiro atoms. The van der Waals surface area contributed by atoms with Crippen LogP contribution in [0.25, 0.3) is 44.7 Å². The molecule has 4 saturated carbocycles. The summed E-state index contributed by atoms with van der Waals surface area (Å²) in [6, 6.07) is 68.4. The van der Waals surface area contributed by atoms with Crippen LogP contribution in [0.3, 0.4) is 0 Å². The summed E-state index contributed by atoms with van der Waals surface area (Å²) >= 11 is 6.21. The van der Waals surface area contributed by atoms with Crippen LogP contribution in [-0.2, 0) is 0 Å². The molecule has 12 heterocycles. The monoisotopic (exact) mass is 1950 g/mol. The van der Waals surface area contributed by atoms with Crippen molar-refractivity contribution in [2.45, 2.75) is 140 Å². The van der Waals surface area contributed by atoms with E-state index in [1.165, 1.54) is 98.2 Å².